The Kier molecular flexibility index (Phi) is 37.5. The zero-order chi connectivity index (χ0) is 52.2. The molecule has 0 bridgehead atoms. The fraction of sp³-hybridized carbons (Fsp3) is 0.697. The van der Waals surface area contributed by atoms with Gasteiger partial charge >= 0.3 is 0 Å². The van der Waals surface area contributed by atoms with E-state index in [9.17, 15) is 9.59 Å². The van der Waals surface area contributed by atoms with Crippen LogP contribution in [0.1, 0.15) is 243 Å². The van der Waals surface area contributed by atoms with Crippen LogP contribution < -0.4 is 25.3 Å². The normalized spacial score (nSPS) is 11.2. The van der Waals surface area contributed by atoms with E-state index >= 15 is 0 Å². The monoisotopic (exact) mass is 1010 g/mol. The molecule has 0 heterocycles. The van der Waals surface area contributed by atoms with Crippen LogP contribution in [0, 0.1) is 0 Å². The Hall–Kier alpha value is -4.00. The molecule has 0 saturated carbocycles. The average molecular weight is 1010 g/mol. The molecule has 7 heteroatoms. The maximum absolute atomic E-state index is 13.1. The number of rotatable bonds is 48. The lowest BCUT2D eigenvalue weighted by Crippen LogP contribution is -2.40. The van der Waals surface area contributed by atoms with E-state index in [1.807, 2.05) is 0 Å². The standard InChI is InChI=1S/C66H111N5O2/c1-6-9-12-15-18-21-24-27-30-33-36-59-39-45-62(46-40-59)69(4)55-51-65(72)67-53-57-71(64-49-43-61(44-50-64)38-35-32-29-26-23-20-17-14-11-8-3)58-54-68-66(73)52-56-70(5)63-47-41-60(42-48-63)37-34-31-28-25-22-19-16-13-10-7-2/h39-50H,6-38,51-58H2,1-5H3,(H,67,72)(H,68,73). The Morgan fingerprint density at radius 3 is 0.849 bits per heavy atom. The summed E-state index contributed by atoms with van der Waals surface area (Å²) in [5.74, 6) is 0.134. The first-order chi connectivity index (χ1) is 35.8. The molecule has 0 atom stereocenters. The summed E-state index contributed by atoms with van der Waals surface area (Å²) in [7, 11) is 4.16. The van der Waals surface area contributed by atoms with Crippen LogP contribution in [0.3, 0.4) is 0 Å². The molecule has 0 fully saturated rings. The minimum absolute atomic E-state index is 0.0670. The van der Waals surface area contributed by atoms with Crippen LogP contribution in [0.25, 0.3) is 0 Å². The van der Waals surface area contributed by atoms with Crippen molar-refractivity contribution in [2.75, 3.05) is 68.1 Å². The highest BCUT2D eigenvalue weighted by Crippen LogP contribution is 2.21. The Labute approximate surface area is 450 Å². The van der Waals surface area contributed by atoms with Crippen LogP contribution in [0.15, 0.2) is 72.8 Å². The molecule has 3 aromatic rings. The summed E-state index contributed by atoms with van der Waals surface area (Å²) in [4.78, 5) is 33.0. The van der Waals surface area contributed by atoms with Crippen molar-refractivity contribution in [3.05, 3.63) is 89.5 Å². The number of nitrogens with one attached hydrogen (secondary N) is 2. The largest absolute Gasteiger partial charge is 0.374 e. The molecule has 7 nitrogen and oxygen atoms in total. The summed E-state index contributed by atoms with van der Waals surface area (Å²) < 4.78 is 0. The molecule has 0 radical (unpaired) electrons. The second-order valence-corrected chi connectivity index (χ2v) is 21.8. The summed E-state index contributed by atoms with van der Waals surface area (Å²) >= 11 is 0. The van der Waals surface area contributed by atoms with Gasteiger partial charge in [0.2, 0.25) is 11.8 Å². The summed E-state index contributed by atoms with van der Waals surface area (Å²) in [6.45, 7) is 10.6. The SMILES string of the molecule is CCCCCCCCCCCCc1ccc(N(C)CCC(=O)NCCN(CCNC(=O)CCN(C)c2ccc(CCCCCCCCCCCC)cc2)c2ccc(CCCCCCCCCCCC)cc2)cc1. The molecule has 0 unspecified atom stereocenters. The molecule has 3 aromatic carbocycles. The van der Waals surface area contributed by atoms with E-state index in [1.165, 1.54) is 209 Å². The first-order valence-corrected chi connectivity index (χ1v) is 30.8. The maximum atomic E-state index is 13.1. The number of benzene rings is 3. The van der Waals surface area contributed by atoms with Crippen molar-refractivity contribution >= 4 is 28.9 Å². The molecule has 0 aliphatic carbocycles. The first kappa shape index (κ1) is 63.3. The van der Waals surface area contributed by atoms with Crippen molar-refractivity contribution < 1.29 is 9.59 Å². The Bertz CT molecular complexity index is 1650. The van der Waals surface area contributed by atoms with Crippen molar-refractivity contribution in [3.8, 4) is 0 Å². The van der Waals surface area contributed by atoms with E-state index < -0.39 is 0 Å². The highest BCUT2D eigenvalue weighted by atomic mass is 16.2. The fourth-order valence-corrected chi connectivity index (χ4v) is 10.2. The number of carbonyl (C=O) groups excluding carboxylic acids is 2. The third-order valence-electron chi connectivity index (χ3n) is 15.3. The van der Waals surface area contributed by atoms with Gasteiger partial charge in [-0.15, -0.1) is 0 Å². The van der Waals surface area contributed by atoms with Crippen molar-refractivity contribution in [1.82, 2.24) is 10.6 Å². The second kappa shape index (κ2) is 43.3. The molecule has 2 N–H and O–H groups in total. The predicted octanol–water partition coefficient (Wildman–Crippen LogP) is 17.2. The van der Waals surface area contributed by atoms with E-state index in [4.69, 9.17) is 0 Å². The average Bonchev–Trinajstić information content (AvgIpc) is 3.41. The summed E-state index contributed by atoms with van der Waals surface area (Å²) in [6, 6.07) is 26.9. The Morgan fingerprint density at radius 1 is 0.329 bits per heavy atom. The number of anilines is 3. The van der Waals surface area contributed by atoms with Gasteiger partial charge in [0, 0.05) is 83.3 Å². The highest BCUT2D eigenvalue weighted by molar-refractivity contribution is 5.77. The second-order valence-electron chi connectivity index (χ2n) is 21.8. The molecular formula is C66H111N5O2. The Morgan fingerprint density at radius 2 is 0.575 bits per heavy atom. The molecule has 0 aliphatic rings. The number of carbonyl (C=O) groups is 2. The van der Waals surface area contributed by atoms with Crippen molar-refractivity contribution in [3.63, 3.8) is 0 Å². The summed E-state index contributed by atoms with van der Waals surface area (Å²) in [5, 5.41) is 6.40. The first-order valence-electron chi connectivity index (χ1n) is 30.8. The van der Waals surface area contributed by atoms with Gasteiger partial charge in [-0.25, -0.2) is 0 Å². The molecule has 0 spiro atoms. The van der Waals surface area contributed by atoms with Crippen LogP contribution >= 0.6 is 0 Å². The maximum Gasteiger partial charge on any atom is 0.221 e. The van der Waals surface area contributed by atoms with E-state index in [0.717, 1.165) is 36.3 Å². The van der Waals surface area contributed by atoms with Crippen LogP contribution in [-0.2, 0) is 28.9 Å². The van der Waals surface area contributed by atoms with Crippen LogP contribution in [0.2, 0.25) is 0 Å². The van der Waals surface area contributed by atoms with E-state index in [0.29, 0.717) is 52.1 Å². The number of nitrogens with zero attached hydrogens (tertiary/aromatic N) is 3. The quantitative estimate of drug-likeness (QED) is 0.0552. The lowest BCUT2D eigenvalue weighted by atomic mass is 10.0. The van der Waals surface area contributed by atoms with Gasteiger partial charge in [0.1, 0.15) is 0 Å². The van der Waals surface area contributed by atoms with E-state index in [1.54, 1.807) is 0 Å². The molecule has 3 rings (SSSR count). The van der Waals surface area contributed by atoms with E-state index in [-0.39, 0.29) is 11.8 Å². The van der Waals surface area contributed by atoms with Gasteiger partial charge in [-0.1, -0.05) is 231 Å². The molecule has 0 aliphatic heterocycles. The van der Waals surface area contributed by atoms with Crippen LogP contribution in [0.5, 0.6) is 0 Å². The lowest BCUT2D eigenvalue weighted by Gasteiger charge is -2.26. The third kappa shape index (κ3) is 32.1. The van der Waals surface area contributed by atoms with Gasteiger partial charge < -0.3 is 25.3 Å². The van der Waals surface area contributed by atoms with Gasteiger partial charge in [-0.2, -0.15) is 0 Å². The summed E-state index contributed by atoms with van der Waals surface area (Å²) in [5.41, 5.74) is 7.62. The Balaban J connectivity index is 1.40. The molecule has 73 heavy (non-hydrogen) atoms. The molecular weight excluding hydrogens is 895 g/mol. The predicted molar refractivity (Wildman–Crippen MR) is 320 cm³/mol. The van der Waals surface area contributed by atoms with Gasteiger partial charge in [-0.3, -0.25) is 9.59 Å². The van der Waals surface area contributed by atoms with Crippen molar-refractivity contribution in [1.29, 1.82) is 0 Å². The molecule has 0 aromatic heterocycles. The zero-order valence-corrected chi connectivity index (χ0v) is 48.1. The minimum Gasteiger partial charge on any atom is -0.374 e. The number of aryl methyl sites for hydroxylation is 3. The number of amides is 2. The lowest BCUT2D eigenvalue weighted by molar-refractivity contribution is -0.121. The minimum atomic E-state index is 0.0670. The molecule has 412 valence electrons. The van der Waals surface area contributed by atoms with Gasteiger partial charge in [-0.05, 0) is 91.6 Å². The smallest absolute Gasteiger partial charge is 0.221 e. The molecule has 2 amide bonds. The third-order valence-corrected chi connectivity index (χ3v) is 15.3. The molecule has 0 saturated heterocycles. The van der Waals surface area contributed by atoms with Crippen LogP contribution in [-0.4, -0.2) is 65.2 Å². The number of hydrogen-bond acceptors (Lipinski definition) is 5. The van der Waals surface area contributed by atoms with Crippen molar-refractivity contribution in [2.45, 2.75) is 245 Å². The van der Waals surface area contributed by atoms with Gasteiger partial charge in [0.15, 0.2) is 0 Å². The highest BCUT2D eigenvalue weighted by Gasteiger charge is 2.12. The van der Waals surface area contributed by atoms with Crippen LogP contribution in [0.4, 0.5) is 17.1 Å². The van der Waals surface area contributed by atoms with Gasteiger partial charge in [0.25, 0.3) is 0 Å². The zero-order valence-electron chi connectivity index (χ0n) is 48.1. The van der Waals surface area contributed by atoms with E-state index in [2.05, 4.69) is 133 Å². The summed E-state index contributed by atoms with van der Waals surface area (Å²) in [6.07, 6.45) is 45.0. The van der Waals surface area contributed by atoms with Gasteiger partial charge in [0.05, 0.1) is 0 Å². The van der Waals surface area contributed by atoms with Crippen molar-refractivity contribution in [2.24, 2.45) is 0 Å². The topological polar surface area (TPSA) is 67.9 Å². The number of hydrogen-bond donors (Lipinski definition) is 2. The number of unbranched alkanes of at least 4 members (excludes halogenated alkanes) is 27. The fourth-order valence-electron chi connectivity index (χ4n) is 10.2.